The molecule has 2 amide bonds. The molecule has 11 heteroatoms. The van der Waals surface area contributed by atoms with Crippen LogP contribution in [0.25, 0.3) is 0 Å². The van der Waals surface area contributed by atoms with Gasteiger partial charge in [0.25, 0.3) is 10.0 Å². The number of benzene rings is 4. The van der Waals surface area contributed by atoms with E-state index in [1.165, 1.54) is 36.3 Å². The molecule has 0 saturated heterocycles. The molecular formula is C33H33Cl2N3O5S. The number of methoxy groups -OCH3 is 1. The summed E-state index contributed by atoms with van der Waals surface area (Å²) in [5.74, 6) is -0.522. The van der Waals surface area contributed by atoms with Gasteiger partial charge < -0.3 is 15.0 Å². The van der Waals surface area contributed by atoms with Crippen LogP contribution in [0.15, 0.2) is 108 Å². The molecule has 0 aromatic heterocycles. The number of rotatable bonds is 13. The van der Waals surface area contributed by atoms with Crippen LogP contribution in [0.5, 0.6) is 5.75 Å². The highest BCUT2D eigenvalue weighted by Gasteiger charge is 2.35. The monoisotopic (exact) mass is 653 g/mol. The minimum atomic E-state index is -4.23. The molecule has 1 atom stereocenters. The molecule has 0 aliphatic heterocycles. The van der Waals surface area contributed by atoms with Gasteiger partial charge in [-0.05, 0) is 61.0 Å². The molecule has 230 valence electrons. The maximum absolute atomic E-state index is 14.4. The normalized spacial score (nSPS) is 11.8. The molecule has 0 heterocycles. The van der Waals surface area contributed by atoms with Crippen LogP contribution in [0.2, 0.25) is 10.0 Å². The molecule has 4 aromatic rings. The molecule has 4 aromatic carbocycles. The summed E-state index contributed by atoms with van der Waals surface area (Å²) in [6, 6.07) is 27.5. The van der Waals surface area contributed by atoms with Crippen LogP contribution in [-0.2, 0) is 32.6 Å². The molecule has 0 aliphatic rings. The van der Waals surface area contributed by atoms with E-state index in [1.54, 1.807) is 55.5 Å². The number of carbonyl (C=O) groups excluding carboxylic acids is 2. The van der Waals surface area contributed by atoms with Crippen molar-refractivity contribution < 1.29 is 22.7 Å². The van der Waals surface area contributed by atoms with Crippen molar-refractivity contribution in [3.8, 4) is 5.75 Å². The topological polar surface area (TPSA) is 96.0 Å². The maximum Gasteiger partial charge on any atom is 0.264 e. The molecule has 1 N–H and O–H groups in total. The summed E-state index contributed by atoms with van der Waals surface area (Å²) in [6.07, 6.45) is 0.178. The zero-order valence-electron chi connectivity index (χ0n) is 24.3. The lowest BCUT2D eigenvalue weighted by Crippen LogP contribution is -2.53. The number of nitrogens with zero attached hydrogens (tertiary/aromatic N) is 2. The molecule has 0 aliphatic carbocycles. The largest absolute Gasteiger partial charge is 0.497 e. The number of nitrogens with one attached hydrogen (secondary N) is 1. The van der Waals surface area contributed by atoms with Gasteiger partial charge in [-0.2, -0.15) is 0 Å². The van der Waals surface area contributed by atoms with Crippen molar-refractivity contribution in [2.24, 2.45) is 0 Å². The number of hydrogen-bond donors (Lipinski definition) is 1. The lowest BCUT2D eigenvalue weighted by Gasteiger charge is -2.34. The number of ether oxygens (including phenoxy) is 1. The summed E-state index contributed by atoms with van der Waals surface area (Å²) in [5, 5.41) is 3.46. The van der Waals surface area contributed by atoms with E-state index in [0.717, 1.165) is 9.87 Å². The zero-order valence-corrected chi connectivity index (χ0v) is 26.6. The molecule has 4 rings (SSSR count). The van der Waals surface area contributed by atoms with Crippen molar-refractivity contribution in [2.75, 3.05) is 24.5 Å². The Morgan fingerprint density at radius 3 is 2.00 bits per heavy atom. The van der Waals surface area contributed by atoms with Gasteiger partial charge in [-0.15, -0.1) is 0 Å². The molecule has 0 radical (unpaired) electrons. The number of likely N-dealkylation sites (N-methyl/N-ethyl adjacent to an activating group) is 1. The Hall–Kier alpha value is -4.05. The van der Waals surface area contributed by atoms with Gasteiger partial charge in [0.1, 0.15) is 18.3 Å². The summed E-state index contributed by atoms with van der Waals surface area (Å²) >= 11 is 13.0. The predicted octanol–water partition coefficient (Wildman–Crippen LogP) is 5.97. The van der Waals surface area contributed by atoms with E-state index in [-0.39, 0.29) is 23.5 Å². The van der Waals surface area contributed by atoms with Gasteiger partial charge in [0, 0.05) is 35.1 Å². The minimum Gasteiger partial charge on any atom is -0.497 e. The third-order valence-corrected chi connectivity index (χ3v) is 9.48. The van der Waals surface area contributed by atoms with E-state index in [2.05, 4.69) is 5.32 Å². The first-order chi connectivity index (χ1) is 21.1. The van der Waals surface area contributed by atoms with E-state index in [0.29, 0.717) is 27.9 Å². The Morgan fingerprint density at radius 1 is 0.841 bits per heavy atom. The number of para-hydroxylation sites is 1. The molecule has 0 saturated carbocycles. The van der Waals surface area contributed by atoms with Gasteiger partial charge in [-0.25, -0.2) is 8.42 Å². The number of sulfonamides is 1. The smallest absolute Gasteiger partial charge is 0.264 e. The molecule has 8 nitrogen and oxygen atoms in total. The average molecular weight is 655 g/mol. The molecule has 44 heavy (non-hydrogen) atoms. The van der Waals surface area contributed by atoms with Gasteiger partial charge in [-0.1, -0.05) is 77.8 Å². The summed E-state index contributed by atoms with van der Waals surface area (Å²) < 4.78 is 34.3. The Morgan fingerprint density at radius 2 is 1.43 bits per heavy atom. The highest BCUT2D eigenvalue weighted by molar-refractivity contribution is 7.92. The van der Waals surface area contributed by atoms with Gasteiger partial charge in [0.2, 0.25) is 11.8 Å². The highest BCUT2D eigenvalue weighted by Crippen LogP contribution is 2.29. The van der Waals surface area contributed by atoms with Gasteiger partial charge in [0.05, 0.1) is 17.7 Å². The van der Waals surface area contributed by atoms with Crippen molar-refractivity contribution in [2.45, 2.75) is 30.8 Å². The Kier molecular flexibility index (Phi) is 11.3. The van der Waals surface area contributed by atoms with Crippen LogP contribution in [0.1, 0.15) is 18.1 Å². The second kappa shape index (κ2) is 15.1. The molecule has 0 bridgehead atoms. The van der Waals surface area contributed by atoms with Crippen molar-refractivity contribution >= 4 is 50.7 Å². The zero-order chi connectivity index (χ0) is 31.7. The Bertz CT molecular complexity index is 1650. The Labute approximate surface area is 268 Å². The molecule has 0 fully saturated rings. The van der Waals surface area contributed by atoms with Gasteiger partial charge in [0.15, 0.2) is 0 Å². The summed E-state index contributed by atoms with van der Waals surface area (Å²) in [6.45, 7) is 1.40. The first kappa shape index (κ1) is 32.9. The van der Waals surface area contributed by atoms with E-state index in [1.807, 2.05) is 30.3 Å². The number of carbonyl (C=O) groups is 2. The van der Waals surface area contributed by atoms with Crippen LogP contribution < -0.4 is 14.4 Å². The van der Waals surface area contributed by atoms with Crippen molar-refractivity contribution in [3.63, 3.8) is 0 Å². The van der Waals surface area contributed by atoms with E-state index >= 15 is 0 Å². The lowest BCUT2D eigenvalue weighted by molar-refractivity contribution is -0.140. The van der Waals surface area contributed by atoms with E-state index in [9.17, 15) is 18.0 Å². The summed E-state index contributed by atoms with van der Waals surface area (Å²) in [5.41, 5.74) is 1.54. The maximum atomic E-state index is 14.4. The minimum absolute atomic E-state index is 0.0276. The summed E-state index contributed by atoms with van der Waals surface area (Å²) in [4.78, 5) is 29.3. The van der Waals surface area contributed by atoms with Crippen molar-refractivity contribution in [3.05, 3.63) is 124 Å². The van der Waals surface area contributed by atoms with Crippen LogP contribution in [-0.4, -0.2) is 51.4 Å². The second-order valence-corrected chi connectivity index (χ2v) is 12.5. The predicted molar refractivity (Wildman–Crippen MR) is 174 cm³/mol. The van der Waals surface area contributed by atoms with Crippen LogP contribution in [0.3, 0.4) is 0 Å². The van der Waals surface area contributed by atoms with E-state index in [4.69, 9.17) is 27.9 Å². The number of amides is 2. The second-order valence-electron chi connectivity index (χ2n) is 9.84. The van der Waals surface area contributed by atoms with Crippen LogP contribution in [0.4, 0.5) is 5.69 Å². The SMILES string of the molecule is CCNC(=O)[C@H](Cc1ccccc1)N(Cc1c(Cl)cccc1Cl)C(=O)CN(c1ccccc1)S(=O)(=O)c1ccc(OC)cc1. The molecule has 0 unspecified atom stereocenters. The van der Waals surface area contributed by atoms with Crippen LogP contribution >= 0.6 is 23.2 Å². The van der Waals surface area contributed by atoms with Crippen molar-refractivity contribution in [1.29, 1.82) is 0 Å². The highest BCUT2D eigenvalue weighted by atomic mass is 35.5. The number of hydrogen-bond acceptors (Lipinski definition) is 5. The molecular weight excluding hydrogens is 621 g/mol. The standard InChI is InChI=1S/C33H33Cl2N3O5S/c1-3-36-33(40)31(21-24-11-6-4-7-12-24)37(22-28-29(34)15-10-16-30(28)35)32(39)23-38(25-13-8-5-9-14-25)44(41,42)27-19-17-26(43-2)18-20-27/h4-20,31H,3,21-23H2,1-2H3,(H,36,40)/t31-/m0/s1. The van der Waals surface area contributed by atoms with Gasteiger partial charge >= 0.3 is 0 Å². The fraction of sp³-hybridized carbons (Fsp3) is 0.212. The fourth-order valence-electron chi connectivity index (χ4n) is 4.70. The van der Waals surface area contributed by atoms with Crippen molar-refractivity contribution in [1.82, 2.24) is 10.2 Å². The average Bonchev–Trinajstić information content (AvgIpc) is 3.03. The van der Waals surface area contributed by atoms with Crippen LogP contribution in [0, 0.1) is 0 Å². The first-order valence-corrected chi connectivity index (χ1v) is 16.1. The van der Waals surface area contributed by atoms with Gasteiger partial charge in [-0.3, -0.25) is 13.9 Å². The third-order valence-electron chi connectivity index (χ3n) is 6.98. The first-order valence-electron chi connectivity index (χ1n) is 13.9. The number of halogens is 2. The third kappa shape index (κ3) is 7.91. The summed E-state index contributed by atoms with van der Waals surface area (Å²) in [7, 11) is -2.75. The number of anilines is 1. The quantitative estimate of drug-likeness (QED) is 0.192. The Balaban J connectivity index is 1.81. The van der Waals surface area contributed by atoms with E-state index < -0.39 is 34.4 Å². The lowest BCUT2D eigenvalue weighted by atomic mass is 10.0. The molecule has 0 spiro atoms. The fourth-order valence-corrected chi connectivity index (χ4v) is 6.63.